The van der Waals surface area contributed by atoms with E-state index >= 15 is 0 Å². The number of nitrogens with two attached hydrogens (primary N) is 1. The average Bonchev–Trinajstić information content (AvgIpc) is 2.72. The average molecular weight is 278 g/mol. The van der Waals surface area contributed by atoms with E-state index in [1.807, 2.05) is 0 Å². The van der Waals surface area contributed by atoms with E-state index in [-0.39, 0.29) is 11.2 Å². The van der Waals surface area contributed by atoms with Crippen molar-refractivity contribution in [3.05, 3.63) is 44.1 Å². The zero-order valence-corrected chi connectivity index (χ0v) is 10.2. The van der Waals surface area contributed by atoms with Crippen LogP contribution in [0.4, 0.5) is 5.69 Å². The number of nitrogens with zero attached hydrogens (tertiary/aromatic N) is 1. The molecule has 0 bridgehead atoms. The molecule has 8 heteroatoms. The van der Waals surface area contributed by atoms with Gasteiger partial charge < -0.3 is 10.7 Å². The van der Waals surface area contributed by atoms with Gasteiger partial charge in [-0.3, -0.25) is 14.8 Å². The Labute approximate surface area is 110 Å². The Bertz CT molecular complexity index is 892. The molecule has 0 unspecified atom stereocenters. The maximum atomic E-state index is 11.6. The minimum absolute atomic E-state index is 0.179. The number of imidazole rings is 1. The number of nitrogen functional groups attached to an aromatic ring is 1. The molecular weight excluding hydrogens is 270 g/mol. The number of aromatic nitrogens is 4. The first-order valence-electron chi connectivity index (χ1n) is 5.32. The van der Waals surface area contributed by atoms with Crippen LogP contribution in [0, 0.1) is 0 Å². The minimum Gasteiger partial charge on any atom is -0.398 e. The van der Waals surface area contributed by atoms with Gasteiger partial charge in [0, 0.05) is 16.3 Å². The molecule has 2 heterocycles. The first-order chi connectivity index (χ1) is 9.04. The zero-order valence-electron chi connectivity index (χ0n) is 9.45. The summed E-state index contributed by atoms with van der Waals surface area (Å²) in [6.07, 6.45) is 0. The molecule has 7 nitrogen and oxygen atoms in total. The lowest BCUT2D eigenvalue weighted by molar-refractivity contribution is 1.07. The molecule has 2 aromatic heterocycles. The Hall–Kier alpha value is -2.54. The summed E-state index contributed by atoms with van der Waals surface area (Å²) in [5, 5.41) is 0.503. The van der Waals surface area contributed by atoms with Gasteiger partial charge in [0.1, 0.15) is 11.3 Å². The van der Waals surface area contributed by atoms with Crippen molar-refractivity contribution < 1.29 is 0 Å². The molecule has 96 valence electrons. The van der Waals surface area contributed by atoms with Crippen LogP contribution >= 0.6 is 11.6 Å². The zero-order chi connectivity index (χ0) is 13.6. The molecule has 0 saturated carbocycles. The number of benzene rings is 1. The van der Waals surface area contributed by atoms with E-state index in [9.17, 15) is 9.59 Å². The van der Waals surface area contributed by atoms with Crippen LogP contribution in [0.15, 0.2) is 27.8 Å². The molecule has 19 heavy (non-hydrogen) atoms. The van der Waals surface area contributed by atoms with Crippen molar-refractivity contribution in [1.29, 1.82) is 0 Å². The number of H-pyrrole nitrogens is 3. The Morgan fingerprint density at radius 1 is 1.16 bits per heavy atom. The Kier molecular flexibility index (Phi) is 2.42. The van der Waals surface area contributed by atoms with Crippen molar-refractivity contribution in [3.8, 4) is 11.4 Å². The predicted molar refractivity (Wildman–Crippen MR) is 72.2 cm³/mol. The number of halogens is 1. The predicted octanol–water partition coefficient (Wildman–Crippen LogP) is 0.842. The third-order valence-corrected chi connectivity index (χ3v) is 2.89. The fourth-order valence-corrected chi connectivity index (χ4v) is 1.99. The SMILES string of the molecule is Nc1cc(Cl)ccc1-c1nc2[nH]c(=O)[nH]c(=O)c2[nH]1. The van der Waals surface area contributed by atoms with Gasteiger partial charge in [-0.1, -0.05) is 11.6 Å². The molecule has 5 N–H and O–H groups in total. The van der Waals surface area contributed by atoms with Gasteiger partial charge in [-0.25, -0.2) is 9.78 Å². The van der Waals surface area contributed by atoms with Gasteiger partial charge in [-0.05, 0) is 18.2 Å². The number of anilines is 1. The van der Waals surface area contributed by atoms with E-state index in [0.717, 1.165) is 0 Å². The van der Waals surface area contributed by atoms with Crippen LogP contribution in [-0.4, -0.2) is 19.9 Å². The maximum absolute atomic E-state index is 11.6. The normalized spacial score (nSPS) is 11.0. The van der Waals surface area contributed by atoms with Gasteiger partial charge >= 0.3 is 5.69 Å². The van der Waals surface area contributed by atoms with E-state index in [2.05, 4.69) is 19.9 Å². The van der Waals surface area contributed by atoms with Crippen LogP contribution < -0.4 is 17.0 Å². The molecule has 0 aliphatic heterocycles. The highest BCUT2D eigenvalue weighted by Crippen LogP contribution is 2.26. The summed E-state index contributed by atoms with van der Waals surface area (Å²) in [4.78, 5) is 34.2. The number of hydrogen-bond acceptors (Lipinski definition) is 4. The molecule has 0 amide bonds. The largest absolute Gasteiger partial charge is 0.398 e. The second-order valence-corrected chi connectivity index (χ2v) is 4.39. The molecular formula is C11H8ClN5O2. The van der Waals surface area contributed by atoms with Crippen LogP contribution in [0.1, 0.15) is 0 Å². The van der Waals surface area contributed by atoms with E-state index in [1.54, 1.807) is 18.2 Å². The molecule has 3 aromatic rings. The summed E-state index contributed by atoms with van der Waals surface area (Å²) < 4.78 is 0. The number of fused-ring (bicyclic) bond motifs is 1. The van der Waals surface area contributed by atoms with E-state index in [4.69, 9.17) is 17.3 Å². The molecule has 0 aliphatic rings. The standard InChI is InChI=1S/C11H8ClN5O2/c12-4-1-2-5(6(13)3-4)8-14-7-9(15-8)16-11(19)17-10(7)18/h1-3H,13H2,(H3,14,15,16,17,18,19). The summed E-state index contributed by atoms with van der Waals surface area (Å²) in [6, 6.07) is 4.92. The van der Waals surface area contributed by atoms with E-state index in [0.29, 0.717) is 22.1 Å². The third-order valence-electron chi connectivity index (χ3n) is 2.66. The number of hydrogen-bond donors (Lipinski definition) is 4. The van der Waals surface area contributed by atoms with Crippen LogP contribution in [-0.2, 0) is 0 Å². The second-order valence-electron chi connectivity index (χ2n) is 3.95. The fraction of sp³-hybridized carbons (Fsp3) is 0. The van der Waals surface area contributed by atoms with Crippen molar-refractivity contribution in [2.45, 2.75) is 0 Å². The molecule has 0 atom stereocenters. The van der Waals surface area contributed by atoms with Crippen LogP contribution in [0.5, 0.6) is 0 Å². The van der Waals surface area contributed by atoms with Crippen molar-refractivity contribution >= 4 is 28.5 Å². The first-order valence-corrected chi connectivity index (χ1v) is 5.70. The number of aromatic amines is 3. The molecule has 3 rings (SSSR count). The first kappa shape index (κ1) is 11.5. The molecule has 0 spiro atoms. The molecule has 0 aliphatic carbocycles. The van der Waals surface area contributed by atoms with Crippen LogP contribution in [0.25, 0.3) is 22.6 Å². The Morgan fingerprint density at radius 2 is 1.95 bits per heavy atom. The van der Waals surface area contributed by atoms with Gasteiger partial charge in [-0.2, -0.15) is 0 Å². The van der Waals surface area contributed by atoms with Gasteiger partial charge in [-0.15, -0.1) is 0 Å². The lowest BCUT2D eigenvalue weighted by atomic mass is 10.2. The smallest absolute Gasteiger partial charge is 0.327 e. The summed E-state index contributed by atoms with van der Waals surface area (Å²) >= 11 is 5.82. The molecule has 1 aromatic carbocycles. The van der Waals surface area contributed by atoms with Gasteiger partial charge in [0.2, 0.25) is 0 Å². The summed E-state index contributed by atoms with van der Waals surface area (Å²) in [5.41, 5.74) is 6.08. The van der Waals surface area contributed by atoms with Crippen molar-refractivity contribution in [3.63, 3.8) is 0 Å². The number of rotatable bonds is 1. The minimum atomic E-state index is -0.611. The third kappa shape index (κ3) is 1.89. The van der Waals surface area contributed by atoms with Crippen LogP contribution in [0.3, 0.4) is 0 Å². The molecule has 0 fully saturated rings. The molecule has 0 radical (unpaired) electrons. The maximum Gasteiger partial charge on any atom is 0.327 e. The van der Waals surface area contributed by atoms with Crippen molar-refractivity contribution in [2.24, 2.45) is 0 Å². The summed E-state index contributed by atoms with van der Waals surface area (Å²) in [6.45, 7) is 0. The lowest BCUT2D eigenvalue weighted by Gasteiger charge is -2.01. The Balaban J connectivity index is 2.29. The molecule has 0 saturated heterocycles. The quantitative estimate of drug-likeness (QED) is 0.493. The summed E-state index contributed by atoms with van der Waals surface area (Å²) in [7, 11) is 0. The fourth-order valence-electron chi connectivity index (χ4n) is 1.81. The monoisotopic (exact) mass is 277 g/mol. The topological polar surface area (TPSA) is 120 Å². The number of nitrogens with one attached hydrogen (secondary N) is 3. The van der Waals surface area contributed by atoms with Crippen molar-refractivity contribution in [1.82, 2.24) is 19.9 Å². The highest BCUT2D eigenvalue weighted by Gasteiger charge is 2.11. The lowest BCUT2D eigenvalue weighted by Crippen LogP contribution is -2.21. The van der Waals surface area contributed by atoms with E-state index in [1.165, 1.54) is 0 Å². The highest BCUT2D eigenvalue weighted by atomic mass is 35.5. The van der Waals surface area contributed by atoms with Gasteiger partial charge in [0.25, 0.3) is 5.56 Å². The van der Waals surface area contributed by atoms with Crippen molar-refractivity contribution in [2.75, 3.05) is 5.73 Å². The second kappa shape index (κ2) is 3.99. The highest BCUT2D eigenvalue weighted by molar-refractivity contribution is 6.31. The van der Waals surface area contributed by atoms with Gasteiger partial charge in [0.05, 0.1) is 0 Å². The summed E-state index contributed by atoms with van der Waals surface area (Å²) in [5.74, 6) is 0.386. The van der Waals surface area contributed by atoms with E-state index < -0.39 is 11.2 Å². The van der Waals surface area contributed by atoms with Crippen LogP contribution in [0.2, 0.25) is 5.02 Å². The Morgan fingerprint density at radius 3 is 2.68 bits per heavy atom. The van der Waals surface area contributed by atoms with Gasteiger partial charge in [0.15, 0.2) is 5.65 Å².